The topological polar surface area (TPSA) is 63.1 Å². The predicted octanol–water partition coefficient (Wildman–Crippen LogP) is 3.30. The van der Waals surface area contributed by atoms with E-state index in [1.807, 2.05) is 22.6 Å². The molecule has 2 fully saturated rings. The number of piperidine rings is 1. The van der Waals surface area contributed by atoms with E-state index in [9.17, 15) is 9.18 Å². The van der Waals surface area contributed by atoms with Gasteiger partial charge in [0, 0.05) is 6.54 Å². The molecule has 2 aliphatic rings. The molecule has 2 saturated heterocycles. The normalized spacial score (nSPS) is 22.9. The van der Waals surface area contributed by atoms with Crippen molar-refractivity contribution < 1.29 is 9.18 Å². The molecule has 0 bridgehead atoms. The third kappa shape index (κ3) is 3.91. The van der Waals surface area contributed by atoms with Crippen LogP contribution in [0.15, 0.2) is 24.3 Å². The van der Waals surface area contributed by atoms with Crippen LogP contribution in [0.4, 0.5) is 4.39 Å². The molecule has 8 heteroatoms. The molecule has 2 aliphatic heterocycles. The number of rotatable bonds is 3. The summed E-state index contributed by atoms with van der Waals surface area (Å²) in [6, 6.07) is 6.73. The Kier molecular flexibility index (Phi) is 6.35. The first kappa shape index (κ1) is 20.7. The summed E-state index contributed by atoms with van der Waals surface area (Å²) < 4.78 is 15.6. The number of likely N-dealkylation sites (tertiary alicyclic amines) is 1. The summed E-state index contributed by atoms with van der Waals surface area (Å²) in [5.74, 6) is -0.0132. The molecule has 2 aromatic rings. The Bertz CT molecular complexity index is 836. The molecule has 6 nitrogen and oxygen atoms in total. The van der Waals surface area contributed by atoms with Crippen LogP contribution in [0.3, 0.4) is 0 Å². The van der Waals surface area contributed by atoms with E-state index in [1.54, 1.807) is 6.07 Å². The van der Waals surface area contributed by atoms with Crippen molar-refractivity contribution in [2.24, 2.45) is 5.92 Å². The maximum absolute atomic E-state index is 13.7. The zero-order chi connectivity index (χ0) is 19.0. The Labute approximate surface area is 170 Å². The molecule has 152 valence electrons. The summed E-state index contributed by atoms with van der Waals surface area (Å²) >= 11 is 0. The molecule has 1 aromatic carbocycles. The lowest BCUT2D eigenvalue weighted by Gasteiger charge is -2.25. The van der Waals surface area contributed by atoms with Gasteiger partial charge in [-0.2, -0.15) is 0 Å². The lowest BCUT2D eigenvalue weighted by atomic mass is 10.0. The quantitative estimate of drug-likeness (QED) is 0.847. The number of halogens is 2. The van der Waals surface area contributed by atoms with E-state index in [0.29, 0.717) is 18.2 Å². The number of nitrogens with zero attached hydrogens (tertiary/aromatic N) is 4. The SMILES string of the molecule is Cc1c(C(=O)N2CC(C)CC2c2cccc(F)c2)nnn1C1CCNCC1.Cl. The Balaban J connectivity index is 0.00000225. The molecule has 1 N–H and O–H groups in total. The lowest BCUT2D eigenvalue weighted by Crippen LogP contribution is -2.32. The molecule has 1 amide bonds. The van der Waals surface area contributed by atoms with Crippen LogP contribution in [0, 0.1) is 18.7 Å². The van der Waals surface area contributed by atoms with Crippen LogP contribution >= 0.6 is 12.4 Å². The first-order chi connectivity index (χ1) is 13.0. The van der Waals surface area contributed by atoms with Gasteiger partial charge in [0.2, 0.25) is 0 Å². The number of amides is 1. The standard InChI is InChI=1S/C20H26FN5O.ClH/c1-13-10-18(15-4-3-5-16(21)11-15)25(12-13)20(27)19-14(2)26(24-23-19)17-6-8-22-9-7-17;/h3-5,11,13,17-18,22H,6-10,12H2,1-2H3;1H. The van der Waals surface area contributed by atoms with Gasteiger partial charge in [-0.3, -0.25) is 4.79 Å². The van der Waals surface area contributed by atoms with Crippen LogP contribution in [-0.4, -0.2) is 45.4 Å². The fraction of sp³-hybridized carbons (Fsp3) is 0.550. The number of benzene rings is 1. The molecule has 4 rings (SSSR count). The molecule has 2 atom stereocenters. The Morgan fingerprint density at radius 3 is 2.75 bits per heavy atom. The van der Waals surface area contributed by atoms with Gasteiger partial charge in [0.05, 0.1) is 17.8 Å². The van der Waals surface area contributed by atoms with E-state index in [4.69, 9.17) is 0 Å². The third-order valence-corrected chi connectivity index (χ3v) is 5.79. The predicted molar refractivity (Wildman–Crippen MR) is 107 cm³/mol. The van der Waals surface area contributed by atoms with E-state index in [1.165, 1.54) is 12.1 Å². The van der Waals surface area contributed by atoms with Crippen molar-refractivity contribution in [1.82, 2.24) is 25.2 Å². The van der Waals surface area contributed by atoms with Crippen molar-refractivity contribution in [2.45, 2.75) is 45.2 Å². The van der Waals surface area contributed by atoms with Crippen LogP contribution in [0.2, 0.25) is 0 Å². The first-order valence-corrected chi connectivity index (χ1v) is 9.73. The summed E-state index contributed by atoms with van der Waals surface area (Å²) in [6.07, 6.45) is 2.81. The van der Waals surface area contributed by atoms with Crippen molar-refractivity contribution in [1.29, 1.82) is 0 Å². The third-order valence-electron chi connectivity index (χ3n) is 5.79. The Morgan fingerprint density at radius 2 is 2.04 bits per heavy atom. The van der Waals surface area contributed by atoms with Crippen molar-refractivity contribution in [3.8, 4) is 0 Å². The van der Waals surface area contributed by atoms with Crippen LogP contribution in [0.5, 0.6) is 0 Å². The van der Waals surface area contributed by atoms with Gasteiger partial charge in [-0.25, -0.2) is 9.07 Å². The average Bonchev–Trinajstić information content (AvgIpc) is 3.25. The summed E-state index contributed by atoms with van der Waals surface area (Å²) in [4.78, 5) is 15.1. The van der Waals surface area contributed by atoms with E-state index in [2.05, 4.69) is 22.6 Å². The van der Waals surface area contributed by atoms with Gasteiger partial charge in [-0.1, -0.05) is 24.3 Å². The minimum Gasteiger partial charge on any atom is -0.330 e. The minimum absolute atomic E-state index is 0. The summed E-state index contributed by atoms with van der Waals surface area (Å²) in [5.41, 5.74) is 2.09. The number of hydrogen-bond acceptors (Lipinski definition) is 4. The van der Waals surface area contributed by atoms with Crippen LogP contribution in [0.25, 0.3) is 0 Å². The Hall–Kier alpha value is -1.99. The molecule has 1 aromatic heterocycles. The second-order valence-corrected chi connectivity index (χ2v) is 7.82. The molecule has 0 spiro atoms. The second kappa shape index (κ2) is 8.57. The molecule has 0 radical (unpaired) electrons. The van der Waals surface area contributed by atoms with Crippen molar-refractivity contribution in [2.75, 3.05) is 19.6 Å². The van der Waals surface area contributed by atoms with Crippen molar-refractivity contribution in [3.63, 3.8) is 0 Å². The van der Waals surface area contributed by atoms with Crippen LogP contribution < -0.4 is 5.32 Å². The molecule has 0 saturated carbocycles. The monoisotopic (exact) mass is 407 g/mol. The summed E-state index contributed by atoms with van der Waals surface area (Å²) in [6.45, 7) is 6.61. The summed E-state index contributed by atoms with van der Waals surface area (Å²) in [5, 5.41) is 11.9. The highest BCUT2D eigenvalue weighted by atomic mass is 35.5. The first-order valence-electron chi connectivity index (χ1n) is 9.73. The van der Waals surface area contributed by atoms with Gasteiger partial charge in [0.1, 0.15) is 5.82 Å². The molecular weight excluding hydrogens is 381 g/mol. The maximum Gasteiger partial charge on any atom is 0.276 e. The van der Waals surface area contributed by atoms with Crippen molar-refractivity contribution in [3.05, 3.63) is 47.0 Å². The number of hydrogen-bond donors (Lipinski definition) is 1. The van der Waals surface area contributed by atoms with Gasteiger partial charge in [-0.15, -0.1) is 17.5 Å². The van der Waals surface area contributed by atoms with Gasteiger partial charge in [0.15, 0.2) is 5.69 Å². The average molecular weight is 408 g/mol. The number of nitrogens with one attached hydrogen (secondary N) is 1. The molecule has 3 heterocycles. The van der Waals surface area contributed by atoms with Crippen molar-refractivity contribution >= 4 is 18.3 Å². The maximum atomic E-state index is 13.7. The van der Waals surface area contributed by atoms with Crippen LogP contribution in [-0.2, 0) is 0 Å². The molecule has 2 unspecified atom stereocenters. The van der Waals surface area contributed by atoms with Gasteiger partial charge in [-0.05, 0) is 62.9 Å². The number of carbonyl (C=O) groups excluding carboxylic acids is 1. The van der Waals surface area contributed by atoms with E-state index >= 15 is 0 Å². The fourth-order valence-corrected chi connectivity index (χ4v) is 4.37. The van der Waals surface area contributed by atoms with E-state index < -0.39 is 0 Å². The largest absolute Gasteiger partial charge is 0.330 e. The molecular formula is C20H27ClFN5O. The van der Waals surface area contributed by atoms with Gasteiger partial charge in [0.25, 0.3) is 5.91 Å². The molecule has 0 aliphatic carbocycles. The number of aromatic nitrogens is 3. The highest BCUT2D eigenvalue weighted by Gasteiger charge is 2.37. The zero-order valence-electron chi connectivity index (χ0n) is 16.3. The van der Waals surface area contributed by atoms with E-state index in [-0.39, 0.29) is 36.2 Å². The lowest BCUT2D eigenvalue weighted by molar-refractivity contribution is 0.0725. The Morgan fingerprint density at radius 1 is 1.29 bits per heavy atom. The highest BCUT2D eigenvalue weighted by molar-refractivity contribution is 5.93. The second-order valence-electron chi connectivity index (χ2n) is 7.82. The highest BCUT2D eigenvalue weighted by Crippen LogP contribution is 2.36. The summed E-state index contributed by atoms with van der Waals surface area (Å²) in [7, 11) is 0. The fourth-order valence-electron chi connectivity index (χ4n) is 4.37. The van der Waals surface area contributed by atoms with Gasteiger partial charge >= 0.3 is 0 Å². The zero-order valence-corrected chi connectivity index (χ0v) is 17.1. The number of carbonyl (C=O) groups is 1. The van der Waals surface area contributed by atoms with E-state index in [0.717, 1.165) is 43.6 Å². The molecule has 28 heavy (non-hydrogen) atoms. The van der Waals surface area contributed by atoms with Gasteiger partial charge < -0.3 is 10.2 Å². The smallest absolute Gasteiger partial charge is 0.276 e. The minimum atomic E-state index is -0.271. The van der Waals surface area contributed by atoms with Crippen LogP contribution in [0.1, 0.15) is 60.0 Å².